The molecule has 1 atom stereocenters. The van der Waals surface area contributed by atoms with Crippen LogP contribution < -0.4 is 14.6 Å². The van der Waals surface area contributed by atoms with E-state index >= 15 is 0 Å². The summed E-state index contributed by atoms with van der Waals surface area (Å²) in [4.78, 5) is 0. The second-order valence-corrected chi connectivity index (χ2v) is 8.39. The second kappa shape index (κ2) is 10.8. The minimum absolute atomic E-state index is 0.123. The first-order valence-corrected chi connectivity index (χ1v) is 10.9. The molecule has 4 heteroatoms. The topological polar surface area (TPSA) is 41.5 Å². The van der Waals surface area contributed by atoms with Crippen molar-refractivity contribution in [3.05, 3.63) is 95.6 Å². The fraction of sp³-hybridized carbons (Fsp3) is 0.240. The summed E-state index contributed by atoms with van der Waals surface area (Å²) < 4.78 is 11.9. The summed E-state index contributed by atoms with van der Waals surface area (Å²) in [5.41, 5.74) is 2.95. The third-order valence-corrected chi connectivity index (χ3v) is 5.92. The summed E-state index contributed by atoms with van der Waals surface area (Å²) in [5.74, 6) is 1.58. The highest BCUT2D eigenvalue weighted by Crippen LogP contribution is 2.24. The molecule has 0 heterocycles. The summed E-state index contributed by atoms with van der Waals surface area (Å²) in [5, 5.41) is 13.2. The van der Waals surface area contributed by atoms with Crippen LogP contribution in [0, 0.1) is 0 Å². The zero-order valence-corrected chi connectivity index (χ0v) is 17.8. The highest BCUT2D eigenvalue weighted by molar-refractivity contribution is 7.41. The zero-order chi connectivity index (χ0) is 20.5. The van der Waals surface area contributed by atoms with Gasteiger partial charge in [0.1, 0.15) is 24.7 Å². The molecule has 0 radical (unpaired) electrons. The fourth-order valence-electron chi connectivity index (χ4n) is 2.88. The molecule has 0 amide bonds. The second-order valence-electron chi connectivity index (χ2n) is 6.85. The number of ether oxygens (including phenoxy) is 2. The first kappa shape index (κ1) is 21.1. The van der Waals surface area contributed by atoms with E-state index in [1.165, 1.54) is 0 Å². The molecule has 3 nitrogen and oxygen atoms in total. The lowest BCUT2D eigenvalue weighted by atomic mass is 10.0. The molecule has 0 N–H and O–H groups in total. The predicted molar refractivity (Wildman–Crippen MR) is 119 cm³/mol. The molecular formula is C25H26O3P-. The fourth-order valence-corrected chi connectivity index (χ4v) is 3.88. The molecule has 0 aliphatic rings. The molecule has 0 aromatic heterocycles. The standard InChI is InChI=1S/C25H27O3P/c1-3-19(2)29-25(26)24-20(17-27-22-13-6-4-7-14-22)11-10-12-21(24)18-28-23-15-8-5-9-16-23/h4-16,19,26H,3,17-18H2,1-2H3/p-1. The Morgan fingerprint density at radius 3 is 1.72 bits per heavy atom. The van der Waals surface area contributed by atoms with Gasteiger partial charge in [0, 0.05) is 0 Å². The highest BCUT2D eigenvalue weighted by Gasteiger charge is 2.10. The normalized spacial score (nSPS) is 12.4. The quantitative estimate of drug-likeness (QED) is 0.446. The molecule has 0 aliphatic heterocycles. The van der Waals surface area contributed by atoms with Crippen molar-refractivity contribution in [2.75, 3.05) is 0 Å². The molecule has 150 valence electrons. The van der Waals surface area contributed by atoms with Crippen LogP contribution in [0.2, 0.25) is 0 Å². The highest BCUT2D eigenvalue weighted by atomic mass is 31.1. The summed E-state index contributed by atoms with van der Waals surface area (Å²) in [6, 6.07) is 25.2. The van der Waals surface area contributed by atoms with Crippen LogP contribution in [0.5, 0.6) is 11.5 Å². The van der Waals surface area contributed by atoms with Gasteiger partial charge in [-0.05, 0) is 53.0 Å². The molecule has 3 aromatic carbocycles. The third kappa shape index (κ3) is 6.19. The molecule has 1 unspecified atom stereocenters. The van der Waals surface area contributed by atoms with Crippen molar-refractivity contribution in [3.63, 3.8) is 0 Å². The Hall–Kier alpha value is -2.61. The van der Waals surface area contributed by atoms with Crippen LogP contribution in [0.3, 0.4) is 0 Å². The smallest absolute Gasteiger partial charge is 0.119 e. The maximum atomic E-state index is 13.2. The van der Waals surface area contributed by atoms with Crippen molar-refractivity contribution in [3.8, 4) is 11.5 Å². The van der Waals surface area contributed by atoms with Gasteiger partial charge >= 0.3 is 0 Å². The van der Waals surface area contributed by atoms with Crippen LogP contribution >= 0.6 is 8.20 Å². The molecule has 29 heavy (non-hydrogen) atoms. The van der Waals surface area contributed by atoms with Crippen LogP contribution in [0.25, 0.3) is 0 Å². The SMILES string of the molecule is CCC(C)P=C([O-])c1c(COc2ccccc2)cccc1COc1ccccc1. The van der Waals surface area contributed by atoms with Crippen molar-refractivity contribution in [2.45, 2.75) is 39.1 Å². The Bertz CT molecular complexity index is 862. The number of para-hydroxylation sites is 2. The van der Waals surface area contributed by atoms with Gasteiger partial charge in [-0.25, -0.2) is 0 Å². The van der Waals surface area contributed by atoms with Gasteiger partial charge in [-0.3, -0.25) is 0 Å². The molecule has 3 aromatic rings. The van der Waals surface area contributed by atoms with Crippen molar-refractivity contribution in [1.82, 2.24) is 0 Å². The molecule has 0 saturated carbocycles. The van der Waals surface area contributed by atoms with E-state index in [1.807, 2.05) is 78.9 Å². The monoisotopic (exact) mass is 405 g/mol. The Morgan fingerprint density at radius 2 is 1.28 bits per heavy atom. The van der Waals surface area contributed by atoms with Crippen LogP contribution in [-0.2, 0) is 13.2 Å². The summed E-state index contributed by atoms with van der Waals surface area (Å²) in [6.07, 6.45) is 0.964. The van der Waals surface area contributed by atoms with E-state index in [0.717, 1.165) is 42.8 Å². The van der Waals surface area contributed by atoms with Gasteiger partial charge < -0.3 is 14.6 Å². The lowest BCUT2D eigenvalue weighted by Gasteiger charge is -2.22. The van der Waals surface area contributed by atoms with Crippen molar-refractivity contribution in [2.24, 2.45) is 0 Å². The van der Waals surface area contributed by atoms with Gasteiger partial charge in [-0.1, -0.05) is 68.4 Å². The van der Waals surface area contributed by atoms with Crippen molar-refractivity contribution < 1.29 is 14.6 Å². The van der Waals surface area contributed by atoms with E-state index in [4.69, 9.17) is 9.47 Å². The summed E-state index contributed by atoms with van der Waals surface area (Å²) >= 11 is 0. The number of benzene rings is 3. The first-order chi connectivity index (χ1) is 14.2. The van der Waals surface area contributed by atoms with E-state index in [9.17, 15) is 5.11 Å². The minimum atomic E-state index is 0.123. The summed E-state index contributed by atoms with van der Waals surface area (Å²) in [7, 11) is 0.808. The number of hydrogen-bond acceptors (Lipinski definition) is 3. The summed E-state index contributed by atoms with van der Waals surface area (Å²) in [6.45, 7) is 4.90. The van der Waals surface area contributed by atoms with Gasteiger partial charge in [0.05, 0.1) is 0 Å². The van der Waals surface area contributed by atoms with Crippen LogP contribution in [-0.4, -0.2) is 11.1 Å². The average Bonchev–Trinajstić information content (AvgIpc) is 2.77. The van der Waals surface area contributed by atoms with Gasteiger partial charge in [0.15, 0.2) is 0 Å². The van der Waals surface area contributed by atoms with Gasteiger partial charge in [-0.15, -0.1) is 13.7 Å². The van der Waals surface area contributed by atoms with Crippen LogP contribution in [0.4, 0.5) is 0 Å². The average molecular weight is 405 g/mol. The lowest BCUT2D eigenvalue weighted by Crippen LogP contribution is -2.22. The first-order valence-electron chi connectivity index (χ1n) is 9.89. The Morgan fingerprint density at radius 1 is 0.793 bits per heavy atom. The van der Waals surface area contributed by atoms with E-state index < -0.39 is 0 Å². The van der Waals surface area contributed by atoms with Gasteiger partial charge in [-0.2, -0.15) is 0 Å². The number of rotatable bonds is 9. The Balaban J connectivity index is 1.88. The predicted octanol–water partition coefficient (Wildman–Crippen LogP) is 5.43. The molecule has 0 saturated heterocycles. The maximum Gasteiger partial charge on any atom is 0.119 e. The Labute approximate surface area is 174 Å². The molecule has 3 rings (SSSR count). The number of hydrogen-bond donors (Lipinski definition) is 0. The van der Waals surface area contributed by atoms with E-state index in [-0.39, 0.29) is 5.48 Å². The molecule has 0 fully saturated rings. The molecular weight excluding hydrogens is 379 g/mol. The largest absolute Gasteiger partial charge is 0.823 e. The van der Waals surface area contributed by atoms with Crippen LogP contribution in [0.15, 0.2) is 78.9 Å². The minimum Gasteiger partial charge on any atom is -0.823 e. The van der Waals surface area contributed by atoms with Gasteiger partial charge in [0.2, 0.25) is 0 Å². The maximum absolute atomic E-state index is 13.2. The van der Waals surface area contributed by atoms with Gasteiger partial charge in [0.25, 0.3) is 0 Å². The van der Waals surface area contributed by atoms with E-state index in [0.29, 0.717) is 18.9 Å². The van der Waals surface area contributed by atoms with E-state index in [1.54, 1.807) is 0 Å². The Kier molecular flexibility index (Phi) is 7.86. The third-order valence-electron chi connectivity index (χ3n) is 4.65. The van der Waals surface area contributed by atoms with Crippen molar-refractivity contribution >= 4 is 13.7 Å². The van der Waals surface area contributed by atoms with Crippen LogP contribution in [0.1, 0.15) is 37.0 Å². The van der Waals surface area contributed by atoms with E-state index in [2.05, 4.69) is 13.8 Å². The molecule has 0 bridgehead atoms. The molecule has 0 spiro atoms. The zero-order valence-electron chi connectivity index (χ0n) is 16.9. The van der Waals surface area contributed by atoms with Crippen molar-refractivity contribution in [1.29, 1.82) is 0 Å². The lowest BCUT2D eigenvalue weighted by molar-refractivity contribution is -0.207. The molecule has 0 aliphatic carbocycles.